The lowest BCUT2D eigenvalue weighted by Crippen LogP contribution is -2.53. The molecule has 0 radical (unpaired) electrons. The summed E-state index contributed by atoms with van der Waals surface area (Å²) in [5, 5.41) is 7.54. The second-order valence-electron chi connectivity index (χ2n) is 5.85. The van der Waals surface area contributed by atoms with Crippen LogP contribution < -0.4 is 5.32 Å². The minimum Gasteiger partial charge on any atom is -0.357 e. The maximum atomic E-state index is 11.4. The van der Waals surface area contributed by atoms with E-state index in [0.717, 1.165) is 58.1 Å². The molecule has 1 amide bonds. The molecule has 136 valence electrons. The molecule has 0 saturated carbocycles. The van der Waals surface area contributed by atoms with Crippen LogP contribution in [0.4, 0.5) is 0 Å². The second kappa shape index (κ2) is 10.5. The third kappa shape index (κ3) is 6.29. The Bertz CT molecular complexity index is 536. The van der Waals surface area contributed by atoms with Crippen LogP contribution in [0.15, 0.2) is 17.4 Å². The molecule has 7 nitrogen and oxygen atoms in total. The zero-order chi connectivity index (χ0) is 16.7. The highest BCUT2D eigenvalue weighted by atomic mass is 127. The molecule has 24 heavy (non-hydrogen) atoms. The van der Waals surface area contributed by atoms with Crippen molar-refractivity contribution < 1.29 is 4.79 Å². The molecule has 2 rings (SSSR count). The molecule has 1 aromatic rings. The Balaban J connectivity index is 0.00000288. The lowest BCUT2D eigenvalue weighted by molar-refractivity contribution is -0.130. The number of aromatic nitrogens is 2. The fourth-order valence-electron chi connectivity index (χ4n) is 2.73. The first-order valence-electron chi connectivity index (χ1n) is 8.36. The molecule has 1 aromatic heterocycles. The van der Waals surface area contributed by atoms with Crippen molar-refractivity contribution in [3.8, 4) is 0 Å². The van der Waals surface area contributed by atoms with Crippen molar-refractivity contribution in [2.45, 2.75) is 26.7 Å². The fraction of sp³-hybridized carbons (Fsp3) is 0.688. The van der Waals surface area contributed by atoms with E-state index in [2.05, 4.69) is 28.4 Å². The van der Waals surface area contributed by atoms with Crippen LogP contribution in [0.1, 0.15) is 25.8 Å². The average molecular weight is 448 g/mol. The summed E-state index contributed by atoms with van der Waals surface area (Å²) < 4.78 is 1.83. The van der Waals surface area contributed by atoms with Crippen molar-refractivity contribution in [3.05, 3.63) is 18.0 Å². The minimum atomic E-state index is 0. The monoisotopic (exact) mass is 448 g/mol. The first-order chi connectivity index (χ1) is 11.1. The van der Waals surface area contributed by atoms with Crippen molar-refractivity contribution in [1.82, 2.24) is 24.9 Å². The van der Waals surface area contributed by atoms with Crippen molar-refractivity contribution in [2.24, 2.45) is 12.0 Å². The van der Waals surface area contributed by atoms with E-state index in [0.29, 0.717) is 0 Å². The number of rotatable bonds is 5. The predicted molar refractivity (Wildman–Crippen MR) is 107 cm³/mol. The fourth-order valence-corrected chi connectivity index (χ4v) is 2.73. The van der Waals surface area contributed by atoms with Crippen molar-refractivity contribution in [1.29, 1.82) is 0 Å². The number of halogens is 1. The molecule has 1 fully saturated rings. The molecule has 0 unspecified atom stereocenters. The van der Waals surface area contributed by atoms with E-state index in [1.54, 1.807) is 6.92 Å². The molecule has 1 aliphatic rings. The number of nitrogens with one attached hydrogen (secondary N) is 1. The highest BCUT2D eigenvalue weighted by Crippen LogP contribution is 2.04. The number of aliphatic imine (C=N–C) groups is 1. The van der Waals surface area contributed by atoms with Crippen molar-refractivity contribution in [2.75, 3.05) is 39.3 Å². The summed E-state index contributed by atoms with van der Waals surface area (Å²) in [5.41, 5.74) is 1.25. The molecular weight excluding hydrogens is 419 g/mol. The highest BCUT2D eigenvalue weighted by molar-refractivity contribution is 14.0. The quantitative estimate of drug-likeness (QED) is 0.317. The summed E-state index contributed by atoms with van der Waals surface area (Å²) in [6.07, 6.45) is 5.97. The number of aryl methyl sites for hydroxylation is 2. The number of piperazine rings is 1. The lowest BCUT2D eigenvalue weighted by Gasteiger charge is -2.36. The van der Waals surface area contributed by atoms with Gasteiger partial charge in [0.25, 0.3) is 0 Å². The highest BCUT2D eigenvalue weighted by Gasteiger charge is 2.20. The van der Waals surface area contributed by atoms with Crippen LogP contribution in [-0.2, 0) is 18.3 Å². The molecule has 1 N–H and O–H groups in total. The van der Waals surface area contributed by atoms with Crippen LogP contribution in [0.5, 0.6) is 0 Å². The van der Waals surface area contributed by atoms with Crippen LogP contribution in [0.3, 0.4) is 0 Å². The van der Waals surface area contributed by atoms with E-state index in [1.807, 2.05) is 22.8 Å². The number of hydrogen-bond acceptors (Lipinski definition) is 3. The van der Waals surface area contributed by atoms with E-state index in [-0.39, 0.29) is 29.9 Å². The van der Waals surface area contributed by atoms with Crippen LogP contribution in [0.2, 0.25) is 0 Å². The molecule has 0 bridgehead atoms. The van der Waals surface area contributed by atoms with Gasteiger partial charge in [0, 0.05) is 59.4 Å². The van der Waals surface area contributed by atoms with Crippen molar-refractivity contribution in [3.63, 3.8) is 0 Å². The molecule has 0 atom stereocenters. The Labute approximate surface area is 161 Å². The van der Waals surface area contributed by atoms with Gasteiger partial charge < -0.3 is 15.1 Å². The molecule has 8 heteroatoms. The van der Waals surface area contributed by atoms with E-state index >= 15 is 0 Å². The normalized spacial score (nSPS) is 15.2. The summed E-state index contributed by atoms with van der Waals surface area (Å²) >= 11 is 0. The standard InChI is InChI=1S/C16H28N6O.HI/c1-4-17-16(22-10-8-21(9-11-22)14(2)23)18-7-5-6-15-12-19-20(3)13-15;/h12-13H,4-11H2,1-3H3,(H,17,18);1H. The predicted octanol–water partition coefficient (Wildman–Crippen LogP) is 1.10. The van der Waals surface area contributed by atoms with Gasteiger partial charge in [-0.15, -0.1) is 24.0 Å². The third-order valence-corrected chi connectivity index (χ3v) is 4.00. The number of hydrogen-bond donors (Lipinski definition) is 1. The van der Waals surface area contributed by atoms with Crippen molar-refractivity contribution >= 4 is 35.8 Å². The molecule has 2 heterocycles. The Morgan fingerprint density at radius 2 is 1.96 bits per heavy atom. The maximum Gasteiger partial charge on any atom is 0.219 e. The van der Waals surface area contributed by atoms with Gasteiger partial charge in [0.2, 0.25) is 5.91 Å². The number of amides is 1. The van der Waals surface area contributed by atoms with E-state index in [1.165, 1.54) is 5.56 Å². The molecule has 0 aromatic carbocycles. The Morgan fingerprint density at radius 1 is 1.29 bits per heavy atom. The Kier molecular flexibility index (Phi) is 9.09. The number of guanidine groups is 1. The van der Waals surface area contributed by atoms with Gasteiger partial charge in [-0.25, -0.2) is 0 Å². The molecule has 0 aliphatic carbocycles. The molecule has 1 aliphatic heterocycles. The first kappa shape index (κ1) is 20.7. The second-order valence-corrected chi connectivity index (χ2v) is 5.85. The van der Waals surface area contributed by atoms with Gasteiger partial charge in [-0.2, -0.15) is 5.10 Å². The zero-order valence-electron chi connectivity index (χ0n) is 14.9. The summed E-state index contributed by atoms with van der Waals surface area (Å²) in [6, 6.07) is 0. The Morgan fingerprint density at radius 3 is 2.50 bits per heavy atom. The minimum absolute atomic E-state index is 0. The van der Waals surface area contributed by atoms with E-state index in [4.69, 9.17) is 4.99 Å². The van der Waals surface area contributed by atoms with Crippen LogP contribution in [0.25, 0.3) is 0 Å². The van der Waals surface area contributed by atoms with Gasteiger partial charge in [0.15, 0.2) is 5.96 Å². The van der Waals surface area contributed by atoms with Crippen LogP contribution >= 0.6 is 24.0 Å². The molecule has 1 saturated heterocycles. The van der Waals surface area contributed by atoms with Gasteiger partial charge in [0.1, 0.15) is 0 Å². The summed E-state index contributed by atoms with van der Waals surface area (Å²) in [7, 11) is 1.94. The largest absolute Gasteiger partial charge is 0.357 e. The van der Waals surface area contributed by atoms with Gasteiger partial charge >= 0.3 is 0 Å². The van der Waals surface area contributed by atoms with Gasteiger partial charge in [0.05, 0.1) is 6.20 Å². The summed E-state index contributed by atoms with van der Waals surface area (Å²) in [5.74, 6) is 1.12. The SMILES string of the molecule is CCNC(=NCCCc1cnn(C)c1)N1CCN(C(C)=O)CC1.I. The smallest absolute Gasteiger partial charge is 0.219 e. The van der Waals surface area contributed by atoms with Crippen LogP contribution in [0, 0.1) is 0 Å². The van der Waals surface area contributed by atoms with Gasteiger partial charge in [-0.05, 0) is 25.3 Å². The van der Waals surface area contributed by atoms with E-state index < -0.39 is 0 Å². The number of carbonyl (C=O) groups excluding carboxylic acids is 1. The zero-order valence-corrected chi connectivity index (χ0v) is 17.2. The average Bonchev–Trinajstić information content (AvgIpc) is 2.96. The Hall–Kier alpha value is -1.32. The first-order valence-corrected chi connectivity index (χ1v) is 8.36. The number of carbonyl (C=O) groups is 1. The van der Waals surface area contributed by atoms with E-state index in [9.17, 15) is 4.79 Å². The molecule has 0 spiro atoms. The van der Waals surface area contributed by atoms with Gasteiger partial charge in [-0.1, -0.05) is 0 Å². The summed E-state index contributed by atoms with van der Waals surface area (Å²) in [4.78, 5) is 20.3. The lowest BCUT2D eigenvalue weighted by atomic mass is 10.2. The van der Waals surface area contributed by atoms with Gasteiger partial charge in [-0.3, -0.25) is 14.5 Å². The van der Waals surface area contributed by atoms with Crippen LogP contribution in [-0.4, -0.2) is 70.7 Å². The number of nitrogens with zero attached hydrogens (tertiary/aromatic N) is 5. The third-order valence-electron chi connectivity index (χ3n) is 4.00. The molecular formula is C16H29IN6O. The maximum absolute atomic E-state index is 11.4. The topological polar surface area (TPSA) is 65.8 Å². The summed E-state index contributed by atoms with van der Waals surface area (Å²) in [6.45, 7) is 8.59.